The Kier molecular flexibility index (Phi) is 3.48. The molecule has 0 unspecified atom stereocenters. The molecule has 5 heterocycles. The van der Waals surface area contributed by atoms with Crippen molar-refractivity contribution in [2.75, 3.05) is 18.0 Å². The first kappa shape index (κ1) is 15.1. The Morgan fingerprint density at radius 2 is 2.12 bits per heavy atom. The topological polar surface area (TPSA) is 96.9 Å². The second kappa shape index (κ2) is 5.98. The van der Waals surface area contributed by atoms with E-state index in [-0.39, 0.29) is 0 Å². The highest BCUT2D eigenvalue weighted by molar-refractivity contribution is 5.81. The number of aryl methyl sites for hydroxylation is 1. The molecule has 0 radical (unpaired) electrons. The number of fused-ring (bicyclic) bond motifs is 1. The number of oxazole rings is 1. The van der Waals surface area contributed by atoms with Gasteiger partial charge in [0.1, 0.15) is 12.0 Å². The van der Waals surface area contributed by atoms with Crippen molar-refractivity contribution in [3.05, 3.63) is 42.4 Å². The summed E-state index contributed by atoms with van der Waals surface area (Å²) >= 11 is 0. The second-order valence-corrected chi connectivity index (χ2v) is 6.53. The van der Waals surface area contributed by atoms with Crippen molar-refractivity contribution in [1.82, 2.24) is 25.1 Å². The van der Waals surface area contributed by atoms with E-state index in [4.69, 9.17) is 8.83 Å². The molecule has 1 fully saturated rings. The molecule has 1 saturated heterocycles. The van der Waals surface area contributed by atoms with Gasteiger partial charge in [-0.3, -0.25) is 5.10 Å². The molecule has 132 valence electrons. The van der Waals surface area contributed by atoms with Crippen LogP contribution in [0.25, 0.3) is 22.7 Å². The zero-order valence-corrected chi connectivity index (χ0v) is 14.3. The Morgan fingerprint density at radius 1 is 1.23 bits per heavy atom. The summed E-state index contributed by atoms with van der Waals surface area (Å²) in [7, 11) is 0. The van der Waals surface area contributed by atoms with E-state index in [1.807, 2.05) is 19.1 Å². The standard InChI is InChI=1S/C18H18N6O2/c1-11-21-16-17(19-10-20-18(16)26-11)24-6-4-12(5-7-24)13-9-14(23-22-13)15-3-2-8-25-15/h2-3,8-10,12H,4-7H2,1H3,(H,22,23). The van der Waals surface area contributed by atoms with Crippen molar-refractivity contribution in [2.24, 2.45) is 0 Å². The fraction of sp³-hybridized carbons (Fsp3) is 0.333. The molecule has 4 aromatic heterocycles. The number of anilines is 1. The van der Waals surface area contributed by atoms with Crippen molar-refractivity contribution in [3.63, 3.8) is 0 Å². The molecule has 8 heteroatoms. The van der Waals surface area contributed by atoms with Gasteiger partial charge < -0.3 is 13.7 Å². The fourth-order valence-corrected chi connectivity index (χ4v) is 3.58. The summed E-state index contributed by atoms with van der Waals surface area (Å²) in [4.78, 5) is 15.3. The van der Waals surface area contributed by atoms with Gasteiger partial charge >= 0.3 is 0 Å². The molecule has 1 N–H and O–H groups in total. The second-order valence-electron chi connectivity index (χ2n) is 6.53. The number of piperidine rings is 1. The van der Waals surface area contributed by atoms with Crippen molar-refractivity contribution >= 4 is 17.0 Å². The molecule has 0 bridgehead atoms. The monoisotopic (exact) mass is 350 g/mol. The molecule has 8 nitrogen and oxygen atoms in total. The van der Waals surface area contributed by atoms with Crippen LogP contribution in [0.2, 0.25) is 0 Å². The van der Waals surface area contributed by atoms with Gasteiger partial charge in [-0.05, 0) is 31.0 Å². The zero-order chi connectivity index (χ0) is 17.5. The number of aromatic nitrogens is 5. The van der Waals surface area contributed by atoms with Crippen LogP contribution < -0.4 is 4.90 Å². The summed E-state index contributed by atoms with van der Waals surface area (Å²) in [5, 5.41) is 7.55. The van der Waals surface area contributed by atoms with Gasteiger partial charge in [-0.2, -0.15) is 10.1 Å². The molecule has 0 saturated carbocycles. The van der Waals surface area contributed by atoms with Crippen molar-refractivity contribution in [2.45, 2.75) is 25.7 Å². The molecule has 0 aliphatic carbocycles. The molecule has 0 atom stereocenters. The van der Waals surface area contributed by atoms with E-state index in [9.17, 15) is 0 Å². The van der Waals surface area contributed by atoms with Crippen LogP contribution in [0.5, 0.6) is 0 Å². The molecule has 26 heavy (non-hydrogen) atoms. The quantitative estimate of drug-likeness (QED) is 0.605. The minimum Gasteiger partial charge on any atom is -0.463 e. The highest BCUT2D eigenvalue weighted by Crippen LogP contribution is 2.32. The Balaban J connectivity index is 1.33. The van der Waals surface area contributed by atoms with E-state index in [0.29, 0.717) is 17.5 Å². The summed E-state index contributed by atoms with van der Waals surface area (Å²) < 4.78 is 10.9. The van der Waals surface area contributed by atoms with Crippen LogP contribution in [0.15, 0.2) is 39.6 Å². The zero-order valence-electron chi connectivity index (χ0n) is 14.3. The van der Waals surface area contributed by atoms with Crippen LogP contribution >= 0.6 is 0 Å². The maximum atomic E-state index is 5.52. The van der Waals surface area contributed by atoms with Crippen LogP contribution in [0.3, 0.4) is 0 Å². The van der Waals surface area contributed by atoms with Gasteiger partial charge in [0.15, 0.2) is 23.0 Å². The van der Waals surface area contributed by atoms with Crippen LogP contribution in [0.1, 0.15) is 30.3 Å². The first-order valence-corrected chi connectivity index (χ1v) is 8.70. The lowest BCUT2D eigenvalue weighted by Gasteiger charge is -2.32. The van der Waals surface area contributed by atoms with Crippen LogP contribution in [-0.4, -0.2) is 38.2 Å². The van der Waals surface area contributed by atoms with Gasteiger partial charge in [-0.25, -0.2) is 9.97 Å². The molecular weight excluding hydrogens is 332 g/mol. The van der Waals surface area contributed by atoms with E-state index in [1.54, 1.807) is 12.6 Å². The van der Waals surface area contributed by atoms with Crippen LogP contribution in [0.4, 0.5) is 5.82 Å². The lowest BCUT2D eigenvalue weighted by Crippen LogP contribution is -2.33. The molecular formula is C18H18N6O2. The van der Waals surface area contributed by atoms with Crippen molar-refractivity contribution in [3.8, 4) is 11.5 Å². The number of nitrogens with zero attached hydrogens (tertiary/aromatic N) is 5. The third-order valence-electron chi connectivity index (χ3n) is 4.89. The van der Waals surface area contributed by atoms with Gasteiger partial charge in [-0.15, -0.1) is 0 Å². The molecule has 4 aromatic rings. The lowest BCUT2D eigenvalue weighted by atomic mass is 9.93. The van der Waals surface area contributed by atoms with E-state index >= 15 is 0 Å². The predicted octanol–water partition coefficient (Wildman–Crippen LogP) is 3.29. The molecule has 0 amide bonds. The molecule has 1 aliphatic heterocycles. The number of furan rings is 1. The summed E-state index contributed by atoms with van der Waals surface area (Å²) in [5.74, 6) is 2.69. The normalized spacial score (nSPS) is 15.8. The summed E-state index contributed by atoms with van der Waals surface area (Å²) in [6, 6.07) is 5.88. The Hall–Kier alpha value is -3.16. The minimum absolute atomic E-state index is 0.443. The maximum absolute atomic E-state index is 5.52. The molecule has 5 rings (SSSR count). The van der Waals surface area contributed by atoms with E-state index in [2.05, 4.69) is 36.1 Å². The summed E-state index contributed by atoms with van der Waals surface area (Å²) in [5.41, 5.74) is 3.29. The molecule has 1 aliphatic rings. The Labute approximate surface area is 149 Å². The summed E-state index contributed by atoms with van der Waals surface area (Å²) in [6.07, 6.45) is 5.24. The third kappa shape index (κ3) is 2.54. The highest BCUT2D eigenvalue weighted by atomic mass is 16.4. The first-order valence-electron chi connectivity index (χ1n) is 8.70. The van der Waals surface area contributed by atoms with E-state index in [1.165, 1.54) is 0 Å². The Morgan fingerprint density at radius 3 is 2.92 bits per heavy atom. The van der Waals surface area contributed by atoms with Gasteiger partial charge in [0, 0.05) is 31.6 Å². The fourth-order valence-electron chi connectivity index (χ4n) is 3.58. The van der Waals surface area contributed by atoms with Gasteiger partial charge in [0.25, 0.3) is 5.71 Å². The average molecular weight is 350 g/mol. The van der Waals surface area contributed by atoms with Crippen LogP contribution in [-0.2, 0) is 0 Å². The van der Waals surface area contributed by atoms with Gasteiger partial charge in [0.05, 0.1) is 6.26 Å². The number of H-pyrrole nitrogens is 1. The van der Waals surface area contributed by atoms with Gasteiger partial charge in [0.2, 0.25) is 0 Å². The molecule has 0 aromatic carbocycles. The predicted molar refractivity (Wildman–Crippen MR) is 94.8 cm³/mol. The highest BCUT2D eigenvalue weighted by Gasteiger charge is 2.25. The van der Waals surface area contributed by atoms with E-state index < -0.39 is 0 Å². The first-order chi connectivity index (χ1) is 12.8. The molecule has 0 spiro atoms. The minimum atomic E-state index is 0.443. The smallest absolute Gasteiger partial charge is 0.252 e. The van der Waals surface area contributed by atoms with Crippen molar-refractivity contribution < 1.29 is 8.83 Å². The number of nitrogens with one attached hydrogen (secondary N) is 1. The average Bonchev–Trinajstić information content (AvgIpc) is 3.40. The SMILES string of the molecule is Cc1nc2c(N3CCC(c4cc(-c5ccco5)n[nH]4)CC3)ncnc2o1. The largest absolute Gasteiger partial charge is 0.463 e. The number of rotatable bonds is 3. The maximum Gasteiger partial charge on any atom is 0.252 e. The van der Waals surface area contributed by atoms with Crippen LogP contribution in [0, 0.1) is 6.92 Å². The van der Waals surface area contributed by atoms with Crippen molar-refractivity contribution in [1.29, 1.82) is 0 Å². The Bertz CT molecular complexity index is 1030. The number of hydrogen-bond acceptors (Lipinski definition) is 7. The lowest BCUT2D eigenvalue weighted by molar-refractivity contribution is 0.493. The summed E-state index contributed by atoms with van der Waals surface area (Å²) in [6.45, 7) is 3.63. The number of aromatic amines is 1. The van der Waals surface area contributed by atoms with Gasteiger partial charge in [-0.1, -0.05) is 0 Å². The van der Waals surface area contributed by atoms with E-state index in [0.717, 1.165) is 54.4 Å². The third-order valence-corrected chi connectivity index (χ3v) is 4.89. The number of hydrogen-bond donors (Lipinski definition) is 1.